The molecule has 0 bridgehead atoms. The van der Waals surface area contributed by atoms with Crippen molar-refractivity contribution in [1.29, 1.82) is 0 Å². The summed E-state index contributed by atoms with van der Waals surface area (Å²) in [5.41, 5.74) is 1.58. The largest absolute Gasteiger partial charge is 0.478 e. The molecule has 2 aromatic rings. The summed E-state index contributed by atoms with van der Waals surface area (Å²) in [5.74, 6) is -0.452. The lowest BCUT2D eigenvalue weighted by Gasteiger charge is -2.08. The predicted octanol–water partition coefficient (Wildman–Crippen LogP) is 2.88. The first kappa shape index (κ1) is 12.3. The van der Waals surface area contributed by atoms with Crippen LogP contribution in [0, 0.1) is 6.92 Å². The van der Waals surface area contributed by atoms with E-state index < -0.39 is 5.97 Å². The Hall–Kier alpha value is -2.14. The van der Waals surface area contributed by atoms with Crippen molar-refractivity contribution in [1.82, 2.24) is 9.97 Å². The fourth-order valence-corrected chi connectivity index (χ4v) is 1.63. The van der Waals surface area contributed by atoms with Crippen molar-refractivity contribution in [2.24, 2.45) is 0 Å². The molecule has 0 radical (unpaired) electrons. The zero-order valence-electron chi connectivity index (χ0n) is 9.51. The van der Waals surface area contributed by atoms with Gasteiger partial charge in [0.1, 0.15) is 5.82 Å². The van der Waals surface area contributed by atoms with Crippen molar-refractivity contribution in [3.8, 4) is 0 Å². The summed E-state index contributed by atoms with van der Waals surface area (Å²) in [4.78, 5) is 18.7. The number of halogens is 1. The Labute approximate surface area is 108 Å². The third-order valence-electron chi connectivity index (χ3n) is 2.37. The lowest BCUT2D eigenvalue weighted by atomic mass is 10.1. The molecule has 6 heteroatoms. The fraction of sp³-hybridized carbons (Fsp3) is 0.0833. The average molecular weight is 264 g/mol. The molecule has 0 atom stereocenters. The van der Waals surface area contributed by atoms with E-state index in [1.807, 2.05) is 0 Å². The minimum Gasteiger partial charge on any atom is -0.478 e. The fourth-order valence-electron chi connectivity index (χ4n) is 1.48. The first-order chi connectivity index (χ1) is 8.56. The molecule has 0 fully saturated rings. The lowest BCUT2D eigenvalue weighted by molar-refractivity contribution is 0.0696. The van der Waals surface area contributed by atoms with Crippen LogP contribution in [0.4, 0.5) is 11.5 Å². The number of hydrogen-bond donors (Lipinski definition) is 2. The van der Waals surface area contributed by atoms with Gasteiger partial charge >= 0.3 is 5.97 Å². The Kier molecular flexibility index (Phi) is 3.43. The second kappa shape index (κ2) is 5.01. The van der Waals surface area contributed by atoms with E-state index >= 15 is 0 Å². The van der Waals surface area contributed by atoms with Gasteiger partial charge in [-0.3, -0.25) is 0 Å². The maximum absolute atomic E-state index is 11.0. The molecule has 92 valence electrons. The van der Waals surface area contributed by atoms with Gasteiger partial charge in [0.2, 0.25) is 5.28 Å². The van der Waals surface area contributed by atoms with Crippen molar-refractivity contribution >= 4 is 29.1 Å². The second-order valence-electron chi connectivity index (χ2n) is 3.67. The monoisotopic (exact) mass is 263 g/mol. The Morgan fingerprint density at radius 1 is 1.39 bits per heavy atom. The van der Waals surface area contributed by atoms with Crippen molar-refractivity contribution < 1.29 is 9.90 Å². The topological polar surface area (TPSA) is 75.1 Å². The van der Waals surface area contributed by atoms with Crippen LogP contribution < -0.4 is 5.32 Å². The number of nitrogens with one attached hydrogen (secondary N) is 1. The molecule has 0 saturated heterocycles. The highest BCUT2D eigenvalue weighted by Crippen LogP contribution is 2.19. The number of aryl methyl sites for hydroxylation is 1. The summed E-state index contributed by atoms with van der Waals surface area (Å²) in [6, 6.07) is 6.70. The molecule has 2 N–H and O–H groups in total. The van der Waals surface area contributed by atoms with Gasteiger partial charge < -0.3 is 10.4 Å². The van der Waals surface area contributed by atoms with Crippen LogP contribution in [0.25, 0.3) is 0 Å². The number of nitrogens with zero attached hydrogens (tertiary/aromatic N) is 2. The van der Waals surface area contributed by atoms with E-state index in [2.05, 4.69) is 15.3 Å². The van der Waals surface area contributed by atoms with E-state index in [0.29, 0.717) is 17.1 Å². The van der Waals surface area contributed by atoms with Gasteiger partial charge in [0.25, 0.3) is 0 Å². The molecule has 1 aromatic heterocycles. The van der Waals surface area contributed by atoms with E-state index in [9.17, 15) is 4.79 Å². The highest BCUT2D eigenvalue weighted by atomic mass is 35.5. The predicted molar refractivity (Wildman–Crippen MR) is 68.5 cm³/mol. The quantitative estimate of drug-likeness (QED) is 0.833. The molecular weight excluding hydrogens is 254 g/mol. The summed E-state index contributed by atoms with van der Waals surface area (Å²) >= 11 is 5.66. The van der Waals surface area contributed by atoms with Crippen LogP contribution in [0.1, 0.15) is 15.9 Å². The normalized spacial score (nSPS) is 10.1. The van der Waals surface area contributed by atoms with Crippen molar-refractivity contribution in [2.75, 3.05) is 5.32 Å². The van der Waals surface area contributed by atoms with E-state index in [4.69, 9.17) is 16.7 Å². The number of carboxylic acid groups (broad SMARTS) is 1. The molecule has 2 rings (SSSR count). The zero-order chi connectivity index (χ0) is 13.1. The molecule has 1 heterocycles. The standard InChI is InChI=1S/C12H10ClN3O2/c1-7-2-3-8(6-9(7)11(17)18)15-10-4-5-14-12(13)16-10/h2-6H,1H3,(H,17,18)(H,14,15,16). The van der Waals surface area contributed by atoms with Gasteiger partial charge in [-0.15, -0.1) is 0 Å². The highest BCUT2D eigenvalue weighted by molar-refractivity contribution is 6.28. The minimum atomic E-state index is -0.961. The summed E-state index contributed by atoms with van der Waals surface area (Å²) in [6.45, 7) is 1.74. The summed E-state index contributed by atoms with van der Waals surface area (Å²) < 4.78 is 0. The van der Waals surface area contributed by atoms with E-state index in [-0.39, 0.29) is 10.8 Å². The number of aromatic nitrogens is 2. The number of benzene rings is 1. The number of hydrogen-bond acceptors (Lipinski definition) is 4. The number of rotatable bonds is 3. The first-order valence-electron chi connectivity index (χ1n) is 5.16. The highest BCUT2D eigenvalue weighted by Gasteiger charge is 2.08. The minimum absolute atomic E-state index is 0.130. The van der Waals surface area contributed by atoms with Gasteiger partial charge in [0.15, 0.2) is 0 Å². The SMILES string of the molecule is Cc1ccc(Nc2ccnc(Cl)n2)cc1C(=O)O. The van der Waals surface area contributed by atoms with Crippen molar-refractivity contribution in [2.45, 2.75) is 6.92 Å². The molecule has 0 saturated carbocycles. The molecule has 0 unspecified atom stereocenters. The van der Waals surface area contributed by atoms with Crippen LogP contribution in [-0.2, 0) is 0 Å². The third kappa shape index (κ3) is 2.75. The maximum Gasteiger partial charge on any atom is 0.336 e. The van der Waals surface area contributed by atoms with E-state index in [0.717, 1.165) is 0 Å². The molecular formula is C12H10ClN3O2. The van der Waals surface area contributed by atoms with Gasteiger partial charge in [0.05, 0.1) is 5.56 Å². The van der Waals surface area contributed by atoms with E-state index in [1.54, 1.807) is 31.2 Å². The third-order valence-corrected chi connectivity index (χ3v) is 2.55. The van der Waals surface area contributed by atoms with Crippen LogP contribution in [0.3, 0.4) is 0 Å². The molecule has 0 aliphatic rings. The lowest BCUT2D eigenvalue weighted by Crippen LogP contribution is -2.01. The van der Waals surface area contributed by atoms with Gasteiger partial charge in [-0.1, -0.05) is 6.07 Å². The molecule has 5 nitrogen and oxygen atoms in total. The Morgan fingerprint density at radius 3 is 2.83 bits per heavy atom. The number of carbonyl (C=O) groups is 1. The molecule has 0 aliphatic heterocycles. The molecule has 18 heavy (non-hydrogen) atoms. The van der Waals surface area contributed by atoms with Crippen molar-refractivity contribution in [3.05, 3.63) is 46.9 Å². The molecule has 0 aliphatic carbocycles. The van der Waals surface area contributed by atoms with Gasteiger partial charge in [-0.25, -0.2) is 14.8 Å². The van der Waals surface area contributed by atoms with Crippen LogP contribution in [-0.4, -0.2) is 21.0 Å². The summed E-state index contributed by atoms with van der Waals surface area (Å²) in [7, 11) is 0. The Balaban J connectivity index is 2.30. The van der Waals surface area contributed by atoms with Crippen molar-refractivity contribution in [3.63, 3.8) is 0 Å². The average Bonchev–Trinajstić information content (AvgIpc) is 2.31. The molecule has 0 amide bonds. The van der Waals surface area contributed by atoms with Crippen LogP contribution in [0.15, 0.2) is 30.5 Å². The Morgan fingerprint density at radius 2 is 2.17 bits per heavy atom. The second-order valence-corrected chi connectivity index (χ2v) is 4.01. The summed E-state index contributed by atoms with van der Waals surface area (Å²) in [6.07, 6.45) is 1.52. The molecule has 1 aromatic carbocycles. The Bertz CT molecular complexity index is 602. The van der Waals surface area contributed by atoms with Gasteiger partial charge in [-0.05, 0) is 42.3 Å². The maximum atomic E-state index is 11.0. The van der Waals surface area contributed by atoms with Gasteiger partial charge in [-0.2, -0.15) is 0 Å². The molecule has 0 spiro atoms. The number of aromatic carboxylic acids is 1. The number of carboxylic acids is 1. The van der Waals surface area contributed by atoms with Crippen LogP contribution >= 0.6 is 11.6 Å². The smallest absolute Gasteiger partial charge is 0.336 e. The van der Waals surface area contributed by atoms with Gasteiger partial charge in [0, 0.05) is 11.9 Å². The van der Waals surface area contributed by atoms with Crippen LogP contribution in [0.2, 0.25) is 5.28 Å². The van der Waals surface area contributed by atoms with Crippen LogP contribution in [0.5, 0.6) is 0 Å². The van der Waals surface area contributed by atoms with E-state index in [1.165, 1.54) is 6.20 Å². The zero-order valence-corrected chi connectivity index (χ0v) is 10.3. The number of anilines is 2. The summed E-state index contributed by atoms with van der Waals surface area (Å²) in [5, 5.41) is 12.1. The first-order valence-corrected chi connectivity index (χ1v) is 5.53.